The van der Waals surface area contributed by atoms with Crippen LogP contribution in [0.5, 0.6) is 0 Å². The topological polar surface area (TPSA) is 64.3 Å². The van der Waals surface area contributed by atoms with Crippen LogP contribution in [0.15, 0.2) is 46.9 Å². The summed E-state index contributed by atoms with van der Waals surface area (Å²) >= 11 is 3.50. The maximum atomic E-state index is 11.8. The number of hydrogen-bond donors (Lipinski definition) is 2. The van der Waals surface area contributed by atoms with Crippen LogP contribution < -0.4 is 11.1 Å². The molecule has 2 aromatic rings. The zero-order valence-electron chi connectivity index (χ0n) is 11.7. The van der Waals surface area contributed by atoms with E-state index in [0.29, 0.717) is 24.4 Å². The van der Waals surface area contributed by atoms with Crippen LogP contribution in [0.1, 0.15) is 22.8 Å². The van der Waals surface area contributed by atoms with Crippen molar-refractivity contribution < 1.29 is 9.53 Å². The number of nitrogens with two attached hydrogens (primary N) is 1. The second-order valence-corrected chi connectivity index (χ2v) is 5.29. The molecule has 110 valence electrons. The molecule has 4 nitrogen and oxygen atoms in total. The first-order valence-electron chi connectivity index (χ1n) is 6.66. The summed E-state index contributed by atoms with van der Waals surface area (Å²) < 4.78 is 6.02. The first-order chi connectivity index (χ1) is 10.1. The summed E-state index contributed by atoms with van der Waals surface area (Å²) in [4.78, 5) is 11.8. The van der Waals surface area contributed by atoms with Gasteiger partial charge in [0.15, 0.2) is 0 Å². The molecule has 0 radical (unpaired) electrons. The summed E-state index contributed by atoms with van der Waals surface area (Å²) in [5, 5.41) is 3.24. The number of rotatable bonds is 5. The van der Waals surface area contributed by atoms with Gasteiger partial charge in [-0.2, -0.15) is 0 Å². The minimum Gasteiger partial charge on any atom is -0.462 e. The summed E-state index contributed by atoms with van der Waals surface area (Å²) in [7, 11) is 0. The molecule has 0 saturated heterocycles. The van der Waals surface area contributed by atoms with Crippen LogP contribution in [0.3, 0.4) is 0 Å². The summed E-state index contributed by atoms with van der Waals surface area (Å²) in [6.45, 7) is 2.70. The van der Waals surface area contributed by atoms with Crippen LogP contribution >= 0.6 is 15.9 Å². The lowest BCUT2D eigenvalue weighted by Gasteiger charge is -2.13. The number of hydrogen-bond acceptors (Lipinski definition) is 4. The highest BCUT2D eigenvalue weighted by Gasteiger charge is 2.13. The summed E-state index contributed by atoms with van der Waals surface area (Å²) in [5.41, 5.74) is 8.66. The maximum absolute atomic E-state index is 11.8. The standard InChI is InChI=1S/C16H17BrN2O2/c1-2-21-16(20)12-7-5-9-14(15(12)18)19-10-11-6-3-4-8-13(11)17/h3-9,19H,2,10,18H2,1H3. The lowest BCUT2D eigenvalue weighted by molar-refractivity contribution is 0.0527. The molecule has 0 unspecified atom stereocenters. The van der Waals surface area contributed by atoms with Gasteiger partial charge in [-0.1, -0.05) is 40.2 Å². The summed E-state index contributed by atoms with van der Waals surface area (Å²) in [5.74, 6) is -0.403. The zero-order valence-corrected chi connectivity index (χ0v) is 13.3. The molecular formula is C16H17BrN2O2. The molecule has 2 rings (SSSR count). The first kappa shape index (κ1) is 15.4. The van der Waals surface area contributed by atoms with Crippen molar-refractivity contribution in [1.82, 2.24) is 0 Å². The molecule has 0 atom stereocenters. The molecule has 0 aromatic heterocycles. The molecule has 0 fully saturated rings. The van der Waals surface area contributed by atoms with Crippen molar-refractivity contribution in [2.45, 2.75) is 13.5 Å². The fourth-order valence-electron chi connectivity index (χ4n) is 1.94. The molecule has 2 aromatic carbocycles. The van der Waals surface area contributed by atoms with Crippen LogP contribution in [0.2, 0.25) is 0 Å². The predicted molar refractivity (Wildman–Crippen MR) is 88.3 cm³/mol. The van der Waals surface area contributed by atoms with E-state index in [1.54, 1.807) is 19.1 Å². The van der Waals surface area contributed by atoms with E-state index in [0.717, 1.165) is 15.7 Å². The minimum absolute atomic E-state index is 0.326. The number of halogens is 1. The predicted octanol–water partition coefficient (Wildman–Crippen LogP) is 3.82. The van der Waals surface area contributed by atoms with E-state index in [2.05, 4.69) is 21.2 Å². The van der Waals surface area contributed by atoms with Crippen LogP contribution in [0.25, 0.3) is 0 Å². The molecule has 5 heteroatoms. The molecule has 0 aliphatic carbocycles. The summed E-state index contributed by atoms with van der Waals surface area (Å²) in [6.07, 6.45) is 0. The van der Waals surface area contributed by atoms with Crippen molar-refractivity contribution >= 4 is 33.3 Å². The Bertz CT molecular complexity index is 644. The van der Waals surface area contributed by atoms with Gasteiger partial charge in [0.05, 0.1) is 23.5 Å². The van der Waals surface area contributed by atoms with Crippen LogP contribution in [0.4, 0.5) is 11.4 Å². The largest absolute Gasteiger partial charge is 0.462 e. The number of ether oxygens (including phenoxy) is 1. The fraction of sp³-hybridized carbons (Fsp3) is 0.188. The normalized spacial score (nSPS) is 10.2. The maximum Gasteiger partial charge on any atom is 0.340 e. The Morgan fingerprint density at radius 2 is 2.00 bits per heavy atom. The number of para-hydroxylation sites is 1. The Morgan fingerprint density at radius 1 is 1.24 bits per heavy atom. The molecular weight excluding hydrogens is 332 g/mol. The Labute approximate surface area is 132 Å². The zero-order chi connectivity index (χ0) is 15.2. The number of esters is 1. The van der Waals surface area contributed by atoms with Gasteiger partial charge in [0.1, 0.15) is 0 Å². The smallest absolute Gasteiger partial charge is 0.340 e. The SMILES string of the molecule is CCOC(=O)c1cccc(NCc2ccccc2Br)c1N. The van der Waals surface area contributed by atoms with E-state index in [1.165, 1.54) is 0 Å². The molecule has 0 bridgehead atoms. The average molecular weight is 349 g/mol. The number of anilines is 2. The van der Waals surface area contributed by atoms with Crippen molar-refractivity contribution in [3.8, 4) is 0 Å². The van der Waals surface area contributed by atoms with Crippen molar-refractivity contribution in [3.63, 3.8) is 0 Å². The van der Waals surface area contributed by atoms with E-state index in [-0.39, 0.29) is 0 Å². The molecule has 3 N–H and O–H groups in total. The van der Waals surface area contributed by atoms with Crippen LogP contribution in [-0.2, 0) is 11.3 Å². The molecule has 0 aliphatic rings. The van der Waals surface area contributed by atoms with Gasteiger partial charge in [0.2, 0.25) is 0 Å². The third kappa shape index (κ3) is 3.76. The Morgan fingerprint density at radius 3 is 2.71 bits per heavy atom. The Hall–Kier alpha value is -2.01. The first-order valence-corrected chi connectivity index (χ1v) is 7.45. The molecule has 0 saturated carbocycles. The second-order valence-electron chi connectivity index (χ2n) is 4.43. The van der Waals surface area contributed by atoms with Crippen molar-refractivity contribution in [1.29, 1.82) is 0 Å². The lowest BCUT2D eigenvalue weighted by atomic mass is 10.1. The van der Waals surface area contributed by atoms with Gasteiger partial charge in [-0.3, -0.25) is 0 Å². The third-order valence-corrected chi connectivity index (χ3v) is 3.80. The number of nitrogens with one attached hydrogen (secondary N) is 1. The van der Waals surface area contributed by atoms with Gasteiger partial charge in [0.25, 0.3) is 0 Å². The van der Waals surface area contributed by atoms with Gasteiger partial charge < -0.3 is 15.8 Å². The quantitative estimate of drug-likeness (QED) is 0.636. The molecule has 0 spiro atoms. The number of carbonyl (C=O) groups excluding carboxylic acids is 1. The van der Waals surface area contributed by atoms with Gasteiger partial charge in [-0.15, -0.1) is 0 Å². The van der Waals surface area contributed by atoms with Gasteiger partial charge in [-0.25, -0.2) is 4.79 Å². The number of nitrogen functional groups attached to an aromatic ring is 1. The average Bonchev–Trinajstić information content (AvgIpc) is 2.48. The van der Waals surface area contributed by atoms with Crippen molar-refractivity contribution in [2.75, 3.05) is 17.7 Å². The molecule has 0 heterocycles. The fourth-order valence-corrected chi connectivity index (χ4v) is 2.36. The minimum atomic E-state index is -0.403. The molecule has 21 heavy (non-hydrogen) atoms. The lowest BCUT2D eigenvalue weighted by Crippen LogP contribution is -2.10. The highest BCUT2D eigenvalue weighted by atomic mass is 79.9. The van der Waals surface area contributed by atoms with Crippen molar-refractivity contribution in [2.24, 2.45) is 0 Å². The van der Waals surface area contributed by atoms with E-state index in [4.69, 9.17) is 10.5 Å². The van der Waals surface area contributed by atoms with Crippen LogP contribution in [0, 0.1) is 0 Å². The van der Waals surface area contributed by atoms with E-state index in [9.17, 15) is 4.79 Å². The van der Waals surface area contributed by atoms with Crippen molar-refractivity contribution in [3.05, 3.63) is 58.1 Å². The third-order valence-electron chi connectivity index (χ3n) is 3.03. The Balaban J connectivity index is 2.16. The van der Waals surface area contributed by atoms with E-state index >= 15 is 0 Å². The monoisotopic (exact) mass is 348 g/mol. The highest BCUT2D eigenvalue weighted by Crippen LogP contribution is 2.25. The molecule has 0 amide bonds. The van der Waals surface area contributed by atoms with E-state index in [1.807, 2.05) is 30.3 Å². The van der Waals surface area contributed by atoms with Gasteiger partial charge in [-0.05, 0) is 30.7 Å². The van der Waals surface area contributed by atoms with Gasteiger partial charge >= 0.3 is 5.97 Å². The van der Waals surface area contributed by atoms with E-state index < -0.39 is 5.97 Å². The second kappa shape index (κ2) is 7.13. The Kier molecular flexibility index (Phi) is 5.22. The van der Waals surface area contributed by atoms with Gasteiger partial charge in [0, 0.05) is 11.0 Å². The van der Waals surface area contributed by atoms with Crippen LogP contribution in [-0.4, -0.2) is 12.6 Å². The number of benzene rings is 2. The molecule has 0 aliphatic heterocycles. The summed E-state index contributed by atoms with van der Waals surface area (Å²) in [6, 6.07) is 13.2. The highest BCUT2D eigenvalue weighted by molar-refractivity contribution is 9.10. The number of carbonyl (C=O) groups is 1.